The van der Waals surface area contributed by atoms with Gasteiger partial charge in [-0.25, -0.2) is 14.6 Å². The SMILES string of the molecule is CC1CN(c2ccc(C#N)c(C(F)(F)F)c2)C(C)CN1C(=O)Nc1ccnc(C(=O)O)c1. The van der Waals surface area contributed by atoms with Crippen molar-refractivity contribution < 1.29 is 27.9 Å². The molecular formula is C21H20F3N5O3. The molecule has 0 spiro atoms. The molecule has 2 heterocycles. The van der Waals surface area contributed by atoms with Crippen molar-refractivity contribution in [1.29, 1.82) is 5.26 Å². The number of rotatable bonds is 3. The highest BCUT2D eigenvalue weighted by molar-refractivity contribution is 5.92. The Kier molecular flexibility index (Phi) is 6.25. The van der Waals surface area contributed by atoms with E-state index in [1.54, 1.807) is 24.8 Å². The monoisotopic (exact) mass is 447 g/mol. The number of piperazine rings is 1. The lowest BCUT2D eigenvalue weighted by atomic mass is 10.0. The molecule has 1 aromatic heterocycles. The van der Waals surface area contributed by atoms with E-state index in [0.717, 1.165) is 12.1 Å². The van der Waals surface area contributed by atoms with Crippen LogP contribution in [0.5, 0.6) is 0 Å². The van der Waals surface area contributed by atoms with Gasteiger partial charge >= 0.3 is 18.2 Å². The fraction of sp³-hybridized carbons (Fsp3) is 0.333. The Labute approximate surface area is 181 Å². The Balaban J connectivity index is 1.77. The summed E-state index contributed by atoms with van der Waals surface area (Å²) < 4.78 is 40.0. The summed E-state index contributed by atoms with van der Waals surface area (Å²) in [6.45, 7) is 4.05. The summed E-state index contributed by atoms with van der Waals surface area (Å²) in [6, 6.07) is 6.73. The van der Waals surface area contributed by atoms with Crippen LogP contribution in [0.2, 0.25) is 0 Å². The second kappa shape index (κ2) is 8.74. The van der Waals surface area contributed by atoms with Gasteiger partial charge in [0.05, 0.1) is 17.2 Å². The number of aromatic nitrogens is 1. The van der Waals surface area contributed by atoms with E-state index in [-0.39, 0.29) is 36.6 Å². The van der Waals surface area contributed by atoms with Crippen LogP contribution in [-0.2, 0) is 6.18 Å². The van der Waals surface area contributed by atoms with E-state index < -0.39 is 29.3 Å². The first-order valence-electron chi connectivity index (χ1n) is 9.66. The number of carboxylic acids is 1. The van der Waals surface area contributed by atoms with Gasteiger partial charge < -0.3 is 20.2 Å². The summed E-state index contributed by atoms with van der Waals surface area (Å²) in [5.74, 6) is -1.22. The third-order valence-corrected chi connectivity index (χ3v) is 5.24. The second-order valence-electron chi connectivity index (χ2n) is 7.51. The molecule has 1 saturated heterocycles. The first-order chi connectivity index (χ1) is 15.0. The van der Waals surface area contributed by atoms with E-state index >= 15 is 0 Å². The van der Waals surface area contributed by atoms with Crippen LogP contribution in [0.4, 0.5) is 29.3 Å². The van der Waals surface area contributed by atoms with Crippen LogP contribution in [0.1, 0.15) is 35.5 Å². The average molecular weight is 447 g/mol. The number of hydrogen-bond acceptors (Lipinski definition) is 5. The number of carbonyl (C=O) groups is 2. The van der Waals surface area contributed by atoms with Gasteiger partial charge in [0, 0.05) is 42.7 Å². The van der Waals surface area contributed by atoms with E-state index in [4.69, 9.17) is 10.4 Å². The topological polar surface area (TPSA) is 110 Å². The van der Waals surface area contributed by atoms with Crippen LogP contribution in [0.3, 0.4) is 0 Å². The summed E-state index contributed by atoms with van der Waals surface area (Å²) in [4.78, 5) is 30.8. The number of nitrogens with one attached hydrogen (secondary N) is 1. The third kappa shape index (κ3) is 4.74. The number of aromatic carboxylic acids is 1. The van der Waals surface area contributed by atoms with Crippen molar-refractivity contribution in [2.24, 2.45) is 0 Å². The van der Waals surface area contributed by atoms with Gasteiger partial charge in [-0.05, 0) is 44.2 Å². The molecule has 2 aromatic rings. The Morgan fingerprint density at radius 3 is 2.53 bits per heavy atom. The smallest absolute Gasteiger partial charge is 0.417 e. The predicted molar refractivity (Wildman–Crippen MR) is 109 cm³/mol. The Hall–Kier alpha value is -3.81. The minimum atomic E-state index is -4.66. The Bertz CT molecular complexity index is 1080. The van der Waals surface area contributed by atoms with Gasteiger partial charge in [-0.3, -0.25) is 0 Å². The number of nitrogens with zero attached hydrogens (tertiary/aromatic N) is 4. The molecule has 2 atom stereocenters. The molecule has 0 saturated carbocycles. The standard InChI is InChI=1S/C21H20F3N5O3/c1-12-11-29(20(32)27-15-5-6-26-18(7-15)19(30)31)13(2)10-28(12)16-4-3-14(9-25)17(8-16)21(22,23)24/h3-8,12-13H,10-11H2,1-2H3,(H,30,31)(H,26,27,32). The number of benzene rings is 1. The molecule has 1 aromatic carbocycles. The van der Waals surface area contributed by atoms with Gasteiger partial charge in [-0.15, -0.1) is 0 Å². The van der Waals surface area contributed by atoms with Crippen LogP contribution in [0.15, 0.2) is 36.5 Å². The maximum atomic E-state index is 13.3. The summed E-state index contributed by atoms with van der Waals surface area (Å²) in [5.41, 5.74) is -1.07. The molecule has 3 rings (SSSR count). The van der Waals surface area contributed by atoms with Gasteiger partial charge in [-0.1, -0.05) is 0 Å². The molecule has 8 nitrogen and oxygen atoms in total. The number of halogens is 3. The maximum Gasteiger partial charge on any atom is 0.417 e. The van der Waals surface area contributed by atoms with Gasteiger partial charge in [-0.2, -0.15) is 18.4 Å². The third-order valence-electron chi connectivity index (χ3n) is 5.24. The maximum absolute atomic E-state index is 13.3. The summed E-state index contributed by atoms with van der Waals surface area (Å²) >= 11 is 0. The quantitative estimate of drug-likeness (QED) is 0.741. The normalized spacial score (nSPS) is 18.8. The molecule has 1 aliphatic heterocycles. The molecule has 11 heteroatoms. The first kappa shape index (κ1) is 22.9. The molecular weight excluding hydrogens is 427 g/mol. The summed E-state index contributed by atoms with van der Waals surface area (Å²) in [5, 5.41) is 20.7. The fourth-order valence-corrected chi connectivity index (χ4v) is 3.63. The van der Waals surface area contributed by atoms with Crippen molar-refractivity contribution in [3.63, 3.8) is 0 Å². The number of carboxylic acid groups (broad SMARTS) is 1. The van der Waals surface area contributed by atoms with E-state index in [1.165, 1.54) is 29.3 Å². The highest BCUT2D eigenvalue weighted by atomic mass is 19.4. The number of urea groups is 1. The molecule has 1 fully saturated rings. The van der Waals surface area contributed by atoms with Crippen molar-refractivity contribution in [3.8, 4) is 6.07 Å². The van der Waals surface area contributed by atoms with Crippen molar-refractivity contribution >= 4 is 23.4 Å². The zero-order valence-corrected chi connectivity index (χ0v) is 17.2. The predicted octanol–water partition coefficient (Wildman–Crippen LogP) is 3.80. The first-order valence-corrected chi connectivity index (χ1v) is 9.66. The van der Waals surface area contributed by atoms with Crippen molar-refractivity contribution in [2.75, 3.05) is 23.3 Å². The number of carbonyl (C=O) groups excluding carboxylic acids is 1. The highest BCUT2D eigenvalue weighted by Crippen LogP contribution is 2.35. The Morgan fingerprint density at radius 1 is 1.19 bits per heavy atom. The largest absolute Gasteiger partial charge is 0.477 e. The Morgan fingerprint density at radius 2 is 1.91 bits per heavy atom. The lowest BCUT2D eigenvalue weighted by Crippen LogP contribution is -2.59. The fourth-order valence-electron chi connectivity index (χ4n) is 3.63. The molecule has 0 bridgehead atoms. The van der Waals surface area contributed by atoms with Gasteiger partial charge in [0.2, 0.25) is 0 Å². The number of nitriles is 1. The molecule has 168 valence electrons. The van der Waals surface area contributed by atoms with Crippen LogP contribution < -0.4 is 10.2 Å². The minimum Gasteiger partial charge on any atom is -0.477 e. The van der Waals surface area contributed by atoms with Gasteiger partial charge in [0.25, 0.3) is 0 Å². The van der Waals surface area contributed by atoms with Crippen LogP contribution >= 0.6 is 0 Å². The zero-order valence-electron chi connectivity index (χ0n) is 17.2. The van der Waals surface area contributed by atoms with Gasteiger partial charge in [0.1, 0.15) is 5.69 Å². The van der Waals surface area contributed by atoms with Gasteiger partial charge in [0.15, 0.2) is 0 Å². The molecule has 1 aliphatic rings. The van der Waals surface area contributed by atoms with Crippen molar-refractivity contribution in [1.82, 2.24) is 9.88 Å². The van der Waals surface area contributed by atoms with E-state index in [0.29, 0.717) is 5.69 Å². The van der Waals surface area contributed by atoms with Crippen molar-refractivity contribution in [2.45, 2.75) is 32.1 Å². The number of hydrogen-bond donors (Lipinski definition) is 2. The average Bonchev–Trinajstić information content (AvgIpc) is 2.74. The van der Waals surface area contributed by atoms with Crippen molar-refractivity contribution in [3.05, 3.63) is 53.3 Å². The van der Waals surface area contributed by atoms with Crippen LogP contribution in [-0.4, -0.2) is 52.2 Å². The molecule has 2 unspecified atom stereocenters. The summed E-state index contributed by atoms with van der Waals surface area (Å²) in [6.07, 6.45) is -3.39. The zero-order chi connectivity index (χ0) is 23.6. The van der Waals surface area contributed by atoms with Crippen LogP contribution in [0, 0.1) is 11.3 Å². The second-order valence-corrected chi connectivity index (χ2v) is 7.51. The molecule has 32 heavy (non-hydrogen) atoms. The lowest BCUT2D eigenvalue weighted by Gasteiger charge is -2.45. The summed E-state index contributed by atoms with van der Waals surface area (Å²) in [7, 11) is 0. The molecule has 0 radical (unpaired) electrons. The highest BCUT2D eigenvalue weighted by Gasteiger charge is 2.36. The molecule has 2 amide bonds. The van der Waals surface area contributed by atoms with Crippen LogP contribution in [0.25, 0.3) is 0 Å². The molecule has 0 aliphatic carbocycles. The number of amides is 2. The van der Waals surface area contributed by atoms with E-state index in [1.807, 2.05) is 0 Å². The molecule has 2 N–H and O–H groups in total. The minimum absolute atomic E-state index is 0.213. The lowest BCUT2D eigenvalue weighted by molar-refractivity contribution is -0.137. The number of anilines is 2. The van der Waals surface area contributed by atoms with E-state index in [9.17, 15) is 22.8 Å². The van der Waals surface area contributed by atoms with E-state index in [2.05, 4.69) is 10.3 Å². The number of pyridine rings is 1. The number of alkyl halides is 3.